The Bertz CT molecular complexity index is 254. The van der Waals surface area contributed by atoms with E-state index >= 15 is 0 Å². The predicted molar refractivity (Wildman–Crippen MR) is 96.0 cm³/mol. The van der Waals surface area contributed by atoms with Gasteiger partial charge in [-0.2, -0.15) is 0 Å². The molecule has 1 atom stereocenters. The molecule has 0 fully saturated rings. The highest BCUT2D eigenvalue weighted by molar-refractivity contribution is 7.63. The SMILES string of the molecule is CCCCCCCCCCCCCCP(C)(=O)CCCO. The summed E-state index contributed by atoms with van der Waals surface area (Å²) in [7, 11) is -1.95. The second kappa shape index (κ2) is 15.1. The van der Waals surface area contributed by atoms with Crippen molar-refractivity contribution in [3.8, 4) is 0 Å². The van der Waals surface area contributed by atoms with Crippen LogP contribution in [0.2, 0.25) is 0 Å². The minimum Gasteiger partial charge on any atom is -0.396 e. The zero-order valence-corrected chi connectivity index (χ0v) is 15.5. The highest BCUT2D eigenvalue weighted by Gasteiger charge is 2.13. The average molecular weight is 318 g/mol. The van der Waals surface area contributed by atoms with Crippen molar-refractivity contribution in [2.75, 3.05) is 25.6 Å². The lowest BCUT2D eigenvalue weighted by Crippen LogP contribution is -1.97. The molecule has 3 heteroatoms. The van der Waals surface area contributed by atoms with E-state index in [1.807, 2.05) is 6.66 Å². The standard InChI is InChI=1S/C18H39O2P/c1-3-4-5-6-7-8-9-10-11-12-13-14-17-21(2,20)18-15-16-19/h19H,3-18H2,1-2H3. The summed E-state index contributed by atoms with van der Waals surface area (Å²) >= 11 is 0. The molecule has 0 aromatic carbocycles. The molecular formula is C18H39O2P. The lowest BCUT2D eigenvalue weighted by Gasteiger charge is -2.11. The molecule has 2 nitrogen and oxygen atoms in total. The van der Waals surface area contributed by atoms with E-state index in [0.717, 1.165) is 18.7 Å². The van der Waals surface area contributed by atoms with Crippen LogP contribution >= 0.6 is 7.14 Å². The Morgan fingerprint density at radius 3 is 1.48 bits per heavy atom. The van der Waals surface area contributed by atoms with Crippen molar-refractivity contribution in [1.82, 2.24) is 0 Å². The molecule has 0 spiro atoms. The molecule has 1 unspecified atom stereocenters. The van der Waals surface area contributed by atoms with Crippen LogP contribution in [0, 0.1) is 0 Å². The van der Waals surface area contributed by atoms with Crippen molar-refractivity contribution in [3.05, 3.63) is 0 Å². The quantitative estimate of drug-likeness (QED) is 0.277. The number of rotatable bonds is 16. The van der Waals surface area contributed by atoms with Crippen molar-refractivity contribution in [2.45, 2.75) is 90.4 Å². The number of aliphatic hydroxyl groups is 1. The fraction of sp³-hybridized carbons (Fsp3) is 1.00. The molecule has 0 rings (SSSR count). The molecule has 0 aliphatic carbocycles. The van der Waals surface area contributed by atoms with Crippen LogP contribution in [0.5, 0.6) is 0 Å². The molecule has 0 aliphatic rings. The molecule has 0 saturated heterocycles. The summed E-state index contributed by atoms with van der Waals surface area (Å²) in [6.07, 6.45) is 18.5. The van der Waals surface area contributed by atoms with Crippen molar-refractivity contribution in [2.24, 2.45) is 0 Å². The van der Waals surface area contributed by atoms with E-state index in [-0.39, 0.29) is 6.61 Å². The van der Waals surface area contributed by atoms with Gasteiger partial charge in [-0.1, -0.05) is 77.6 Å². The van der Waals surface area contributed by atoms with Crippen LogP contribution in [0.1, 0.15) is 90.4 Å². The van der Waals surface area contributed by atoms with Crippen molar-refractivity contribution in [3.63, 3.8) is 0 Å². The van der Waals surface area contributed by atoms with Gasteiger partial charge in [-0.3, -0.25) is 0 Å². The normalized spacial score (nSPS) is 14.2. The van der Waals surface area contributed by atoms with Crippen LogP contribution < -0.4 is 0 Å². The molecule has 21 heavy (non-hydrogen) atoms. The van der Waals surface area contributed by atoms with E-state index in [1.165, 1.54) is 70.6 Å². The summed E-state index contributed by atoms with van der Waals surface area (Å²) in [5.41, 5.74) is 0. The Morgan fingerprint density at radius 2 is 1.05 bits per heavy atom. The van der Waals surface area contributed by atoms with Gasteiger partial charge in [0.1, 0.15) is 0 Å². The van der Waals surface area contributed by atoms with E-state index < -0.39 is 7.14 Å². The monoisotopic (exact) mass is 318 g/mol. The molecule has 1 N–H and O–H groups in total. The minimum absolute atomic E-state index is 0.177. The van der Waals surface area contributed by atoms with E-state index in [2.05, 4.69) is 6.92 Å². The maximum atomic E-state index is 12.1. The van der Waals surface area contributed by atoms with Gasteiger partial charge in [0, 0.05) is 18.9 Å². The van der Waals surface area contributed by atoms with Crippen LogP contribution in [0.25, 0.3) is 0 Å². The fourth-order valence-electron chi connectivity index (χ4n) is 2.80. The van der Waals surface area contributed by atoms with Crippen molar-refractivity contribution < 1.29 is 9.67 Å². The van der Waals surface area contributed by atoms with Gasteiger partial charge in [-0.15, -0.1) is 0 Å². The van der Waals surface area contributed by atoms with Crippen LogP contribution in [-0.2, 0) is 4.57 Å². The summed E-state index contributed by atoms with van der Waals surface area (Å²) in [6, 6.07) is 0. The summed E-state index contributed by atoms with van der Waals surface area (Å²) in [5, 5.41) is 8.78. The van der Waals surface area contributed by atoms with Gasteiger partial charge in [0.2, 0.25) is 0 Å². The summed E-state index contributed by atoms with van der Waals surface area (Å²) in [6.45, 7) is 4.35. The Balaban J connectivity index is 3.20. The smallest absolute Gasteiger partial charge is 0.0849 e. The molecule has 0 aromatic heterocycles. The number of aliphatic hydroxyl groups excluding tert-OH is 1. The molecule has 0 amide bonds. The first kappa shape index (κ1) is 21.2. The Hall–Kier alpha value is 0.190. The third-order valence-corrected chi connectivity index (χ3v) is 6.80. The first-order chi connectivity index (χ1) is 10.1. The number of hydrogen-bond donors (Lipinski definition) is 1. The van der Waals surface area contributed by atoms with Gasteiger partial charge in [-0.05, 0) is 19.5 Å². The molecule has 0 aliphatic heterocycles. The molecular weight excluding hydrogens is 279 g/mol. The summed E-state index contributed by atoms with van der Waals surface area (Å²) in [5.74, 6) is 0. The van der Waals surface area contributed by atoms with Gasteiger partial charge in [-0.25, -0.2) is 0 Å². The van der Waals surface area contributed by atoms with E-state index in [4.69, 9.17) is 5.11 Å². The summed E-state index contributed by atoms with van der Waals surface area (Å²) in [4.78, 5) is 0. The third-order valence-electron chi connectivity index (χ3n) is 4.27. The Labute approximate surface area is 133 Å². The van der Waals surface area contributed by atoms with Gasteiger partial charge in [0.15, 0.2) is 0 Å². The Morgan fingerprint density at radius 1 is 0.667 bits per heavy atom. The molecule has 0 radical (unpaired) electrons. The minimum atomic E-state index is -1.95. The van der Waals surface area contributed by atoms with Gasteiger partial charge >= 0.3 is 0 Å². The maximum absolute atomic E-state index is 12.1. The highest BCUT2D eigenvalue weighted by Crippen LogP contribution is 2.42. The fourth-order valence-corrected chi connectivity index (χ4v) is 4.73. The average Bonchev–Trinajstić information content (AvgIpc) is 2.46. The number of hydrogen-bond acceptors (Lipinski definition) is 2. The largest absolute Gasteiger partial charge is 0.396 e. The second-order valence-corrected chi connectivity index (χ2v) is 10.2. The second-order valence-electron chi connectivity index (χ2n) is 6.71. The molecule has 128 valence electrons. The lowest BCUT2D eigenvalue weighted by atomic mass is 10.1. The van der Waals surface area contributed by atoms with Crippen LogP contribution in [-0.4, -0.2) is 30.7 Å². The predicted octanol–water partition coefficient (Wildman–Crippen LogP) is 6.06. The van der Waals surface area contributed by atoms with E-state index in [1.54, 1.807) is 0 Å². The molecule has 0 aromatic rings. The van der Waals surface area contributed by atoms with Crippen LogP contribution in [0.4, 0.5) is 0 Å². The topological polar surface area (TPSA) is 37.3 Å². The Kier molecular flexibility index (Phi) is 15.2. The maximum Gasteiger partial charge on any atom is 0.0849 e. The number of unbranched alkanes of at least 4 members (excludes halogenated alkanes) is 11. The molecule has 0 bridgehead atoms. The highest BCUT2D eigenvalue weighted by atomic mass is 31.2. The zero-order valence-electron chi connectivity index (χ0n) is 14.6. The molecule has 0 saturated carbocycles. The first-order valence-corrected chi connectivity index (χ1v) is 11.8. The zero-order chi connectivity index (χ0) is 15.8. The first-order valence-electron chi connectivity index (χ1n) is 9.29. The van der Waals surface area contributed by atoms with E-state index in [0.29, 0.717) is 6.42 Å². The van der Waals surface area contributed by atoms with Crippen molar-refractivity contribution in [1.29, 1.82) is 0 Å². The van der Waals surface area contributed by atoms with Gasteiger partial charge < -0.3 is 9.67 Å². The van der Waals surface area contributed by atoms with Gasteiger partial charge in [0.05, 0.1) is 7.14 Å². The third kappa shape index (κ3) is 16.4. The van der Waals surface area contributed by atoms with Crippen molar-refractivity contribution >= 4 is 7.14 Å². The van der Waals surface area contributed by atoms with E-state index in [9.17, 15) is 4.57 Å². The van der Waals surface area contributed by atoms with Crippen LogP contribution in [0.3, 0.4) is 0 Å². The molecule has 0 heterocycles. The summed E-state index contributed by atoms with van der Waals surface area (Å²) < 4.78 is 12.1. The lowest BCUT2D eigenvalue weighted by molar-refractivity contribution is 0.295. The van der Waals surface area contributed by atoms with Gasteiger partial charge in [0.25, 0.3) is 0 Å². The van der Waals surface area contributed by atoms with Crippen LogP contribution in [0.15, 0.2) is 0 Å².